The number of hydrogen-bond donors (Lipinski definition) is 2. The van der Waals surface area contributed by atoms with Crippen LogP contribution in [0.3, 0.4) is 0 Å². The van der Waals surface area contributed by atoms with Gasteiger partial charge in [0.2, 0.25) is 0 Å². The van der Waals surface area contributed by atoms with Gasteiger partial charge in [-0.1, -0.05) is 13.8 Å². The van der Waals surface area contributed by atoms with E-state index in [-0.39, 0.29) is 18.7 Å². The number of hydrogen-bond acceptors (Lipinski definition) is 4. The van der Waals surface area contributed by atoms with Crippen molar-refractivity contribution in [1.29, 1.82) is 0 Å². The van der Waals surface area contributed by atoms with Gasteiger partial charge >= 0.3 is 0 Å². The molecule has 2 atom stereocenters. The molecule has 98 valence electrons. The molecule has 2 unspecified atom stereocenters. The summed E-state index contributed by atoms with van der Waals surface area (Å²) in [6.07, 6.45) is 2.15. The van der Waals surface area contributed by atoms with Crippen molar-refractivity contribution in [1.82, 2.24) is 4.90 Å². The number of ether oxygens (including phenoxy) is 1. The van der Waals surface area contributed by atoms with Gasteiger partial charge in [-0.05, 0) is 19.8 Å². The number of methoxy groups -OCH3 is 1. The zero-order valence-electron chi connectivity index (χ0n) is 11.1. The van der Waals surface area contributed by atoms with E-state index in [1.165, 1.54) is 0 Å². The quantitative estimate of drug-likeness (QED) is 0.618. The van der Waals surface area contributed by atoms with E-state index >= 15 is 0 Å². The van der Waals surface area contributed by atoms with Gasteiger partial charge in [0.15, 0.2) is 0 Å². The third kappa shape index (κ3) is 4.78. The van der Waals surface area contributed by atoms with Gasteiger partial charge < -0.3 is 15.6 Å². The van der Waals surface area contributed by atoms with Crippen molar-refractivity contribution in [2.45, 2.75) is 51.7 Å². The van der Waals surface area contributed by atoms with Gasteiger partial charge in [0, 0.05) is 31.8 Å². The van der Waals surface area contributed by atoms with Crippen molar-refractivity contribution in [3.05, 3.63) is 0 Å². The highest BCUT2D eigenvalue weighted by atomic mass is 16.5. The van der Waals surface area contributed by atoms with Crippen molar-refractivity contribution < 1.29 is 9.84 Å². The number of aliphatic hydroxyl groups is 1. The Balaban J connectivity index is 4.59. The summed E-state index contributed by atoms with van der Waals surface area (Å²) in [6, 6.07) is 0.473. The SMILES string of the molecule is CCC(CC)N(CCOC)C(CO)C(C)N. The summed E-state index contributed by atoms with van der Waals surface area (Å²) in [4.78, 5) is 2.29. The molecule has 0 amide bonds. The Morgan fingerprint density at radius 2 is 1.88 bits per heavy atom. The van der Waals surface area contributed by atoms with E-state index in [2.05, 4.69) is 18.7 Å². The first-order valence-electron chi connectivity index (χ1n) is 6.23. The van der Waals surface area contributed by atoms with Gasteiger partial charge in [-0.3, -0.25) is 4.90 Å². The maximum atomic E-state index is 9.44. The first-order chi connectivity index (χ1) is 7.62. The van der Waals surface area contributed by atoms with Crippen molar-refractivity contribution in [3.63, 3.8) is 0 Å². The first kappa shape index (κ1) is 15.8. The van der Waals surface area contributed by atoms with Crippen LogP contribution >= 0.6 is 0 Å². The first-order valence-corrected chi connectivity index (χ1v) is 6.23. The molecule has 0 aliphatic rings. The molecule has 0 saturated carbocycles. The molecule has 4 nitrogen and oxygen atoms in total. The Bertz CT molecular complexity index is 161. The maximum Gasteiger partial charge on any atom is 0.0601 e. The third-order valence-corrected chi connectivity index (χ3v) is 3.19. The molecular formula is C12H28N2O2. The van der Waals surface area contributed by atoms with Crippen LogP contribution in [0.25, 0.3) is 0 Å². The fourth-order valence-corrected chi connectivity index (χ4v) is 2.15. The average molecular weight is 232 g/mol. The Morgan fingerprint density at radius 1 is 1.31 bits per heavy atom. The molecule has 0 aromatic rings. The van der Waals surface area contributed by atoms with Crippen LogP contribution in [0.1, 0.15) is 33.6 Å². The predicted octanol–water partition coefficient (Wildman–Crippen LogP) is 0.832. The lowest BCUT2D eigenvalue weighted by Crippen LogP contribution is -2.53. The molecule has 0 rings (SSSR count). The second-order valence-corrected chi connectivity index (χ2v) is 4.31. The van der Waals surface area contributed by atoms with E-state index in [1.807, 2.05) is 6.92 Å². The summed E-state index contributed by atoms with van der Waals surface area (Å²) in [7, 11) is 1.70. The normalized spacial score (nSPS) is 15.8. The Hall–Kier alpha value is -0.160. The maximum absolute atomic E-state index is 9.44. The van der Waals surface area contributed by atoms with Crippen LogP contribution in [0.2, 0.25) is 0 Å². The van der Waals surface area contributed by atoms with Crippen LogP contribution in [0.15, 0.2) is 0 Å². The highest BCUT2D eigenvalue weighted by molar-refractivity contribution is 4.83. The Kier molecular flexibility index (Phi) is 8.84. The monoisotopic (exact) mass is 232 g/mol. The van der Waals surface area contributed by atoms with Gasteiger partial charge in [0.05, 0.1) is 13.2 Å². The number of nitrogens with zero attached hydrogens (tertiary/aromatic N) is 1. The molecule has 0 aromatic carbocycles. The summed E-state index contributed by atoms with van der Waals surface area (Å²) in [5.74, 6) is 0. The topological polar surface area (TPSA) is 58.7 Å². The standard InChI is InChI=1S/C12H28N2O2/c1-5-11(6-2)14(7-8-16-4)12(9-15)10(3)13/h10-12,15H,5-9,13H2,1-4H3. The fraction of sp³-hybridized carbons (Fsp3) is 1.00. The molecular weight excluding hydrogens is 204 g/mol. The van der Waals surface area contributed by atoms with Gasteiger partial charge in [-0.25, -0.2) is 0 Å². The Labute approximate surface area is 99.8 Å². The lowest BCUT2D eigenvalue weighted by atomic mass is 10.0. The second-order valence-electron chi connectivity index (χ2n) is 4.31. The molecule has 3 N–H and O–H groups in total. The smallest absolute Gasteiger partial charge is 0.0601 e. The van der Waals surface area contributed by atoms with Crippen molar-refractivity contribution in [3.8, 4) is 0 Å². The molecule has 0 fully saturated rings. The minimum Gasteiger partial charge on any atom is -0.395 e. The molecule has 0 aliphatic heterocycles. The van der Waals surface area contributed by atoms with E-state index in [9.17, 15) is 5.11 Å². The fourth-order valence-electron chi connectivity index (χ4n) is 2.15. The molecule has 0 aromatic heterocycles. The predicted molar refractivity (Wildman–Crippen MR) is 67.5 cm³/mol. The average Bonchev–Trinajstić information content (AvgIpc) is 2.27. The van der Waals surface area contributed by atoms with Gasteiger partial charge in [-0.15, -0.1) is 0 Å². The van der Waals surface area contributed by atoms with Crippen molar-refractivity contribution >= 4 is 0 Å². The van der Waals surface area contributed by atoms with Crippen LogP contribution in [-0.4, -0.2) is 55.0 Å². The summed E-state index contributed by atoms with van der Waals surface area (Å²) in [5.41, 5.74) is 5.92. The second kappa shape index (κ2) is 8.93. The highest BCUT2D eigenvalue weighted by Gasteiger charge is 2.26. The Morgan fingerprint density at radius 3 is 2.19 bits per heavy atom. The minimum atomic E-state index is -0.0255. The zero-order chi connectivity index (χ0) is 12.6. The molecule has 16 heavy (non-hydrogen) atoms. The molecule has 0 spiro atoms. The van der Waals surface area contributed by atoms with Crippen LogP contribution < -0.4 is 5.73 Å². The molecule has 4 heteroatoms. The van der Waals surface area contributed by atoms with E-state index < -0.39 is 0 Å². The summed E-state index contributed by atoms with van der Waals surface area (Å²) >= 11 is 0. The van der Waals surface area contributed by atoms with E-state index in [0.717, 1.165) is 19.4 Å². The summed E-state index contributed by atoms with van der Waals surface area (Å²) in [6.45, 7) is 7.91. The molecule has 0 heterocycles. The third-order valence-electron chi connectivity index (χ3n) is 3.19. The highest BCUT2D eigenvalue weighted by Crippen LogP contribution is 2.14. The van der Waals surface area contributed by atoms with Gasteiger partial charge in [-0.2, -0.15) is 0 Å². The lowest BCUT2D eigenvalue weighted by molar-refractivity contribution is 0.0417. The largest absolute Gasteiger partial charge is 0.395 e. The van der Waals surface area contributed by atoms with Crippen LogP contribution in [0.4, 0.5) is 0 Å². The number of aliphatic hydroxyl groups excluding tert-OH is 1. The van der Waals surface area contributed by atoms with Crippen LogP contribution in [0, 0.1) is 0 Å². The zero-order valence-corrected chi connectivity index (χ0v) is 11.1. The molecule has 0 radical (unpaired) electrons. The molecule has 0 bridgehead atoms. The summed E-state index contributed by atoms with van der Waals surface area (Å²) < 4.78 is 5.12. The molecule has 0 aliphatic carbocycles. The van der Waals surface area contributed by atoms with Crippen molar-refractivity contribution in [2.75, 3.05) is 26.9 Å². The van der Waals surface area contributed by atoms with Crippen molar-refractivity contribution in [2.24, 2.45) is 5.73 Å². The van der Waals surface area contributed by atoms with E-state index in [4.69, 9.17) is 10.5 Å². The summed E-state index contributed by atoms with van der Waals surface area (Å²) in [5, 5.41) is 9.44. The minimum absolute atomic E-state index is 0.0255. The van der Waals surface area contributed by atoms with E-state index in [0.29, 0.717) is 12.6 Å². The molecule has 0 saturated heterocycles. The van der Waals surface area contributed by atoms with Crippen LogP contribution in [0.5, 0.6) is 0 Å². The van der Waals surface area contributed by atoms with Crippen LogP contribution in [-0.2, 0) is 4.74 Å². The number of nitrogens with two attached hydrogens (primary N) is 1. The van der Waals surface area contributed by atoms with Gasteiger partial charge in [0.1, 0.15) is 0 Å². The van der Waals surface area contributed by atoms with E-state index in [1.54, 1.807) is 7.11 Å². The van der Waals surface area contributed by atoms with Gasteiger partial charge in [0.25, 0.3) is 0 Å². The number of rotatable bonds is 9. The lowest BCUT2D eigenvalue weighted by Gasteiger charge is -2.38.